The quantitative estimate of drug-likeness (QED) is 0.740. The third-order valence-corrected chi connectivity index (χ3v) is 5.82. The summed E-state index contributed by atoms with van der Waals surface area (Å²) in [6.45, 7) is 5.63. The lowest BCUT2D eigenvalue weighted by Crippen LogP contribution is -2.51. The zero-order chi connectivity index (χ0) is 22.6. The molecule has 0 unspecified atom stereocenters. The number of ether oxygens (including phenoxy) is 1. The number of nitrogens with one attached hydrogen (secondary N) is 1. The van der Waals surface area contributed by atoms with E-state index in [9.17, 15) is 14.4 Å². The van der Waals surface area contributed by atoms with Gasteiger partial charge < -0.3 is 10.1 Å². The number of methoxy groups -OCH3 is 1. The molecule has 0 spiro atoms. The molecule has 2 atom stereocenters. The fourth-order valence-electron chi connectivity index (χ4n) is 3.44. The summed E-state index contributed by atoms with van der Waals surface area (Å²) >= 11 is 1.15. The summed E-state index contributed by atoms with van der Waals surface area (Å²) in [4.78, 5) is 44.9. The highest BCUT2D eigenvalue weighted by atomic mass is 32.2. The average Bonchev–Trinajstić information content (AvgIpc) is 3.17. The molecule has 1 fully saturated rings. The largest absolute Gasteiger partial charge is 0.495 e. The molecule has 0 saturated carbocycles. The molecule has 2 amide bonds. The Kier molecular flexibility index (Phi) is 7.00. The van der Waals surface area contributed by atoms with Crippen LogP contribution >= 0.6 is 11.8 Å². The first-order valence-electron chi connectivity index (χ1n) is 10.1. The second-order valence-corrected chi connectivity index (χ2v) is 9.44. The smallest absolute Gasteiger partial charge is 0.249 e. The summed E-state index contributed by atoms with van der Waals surface area (Å²) in [6, 6.07) is 11.3. The first kappa shape index (κ1) is 22.8. The van der Waals surface area contributed by atoms with Gasteiger partial charge in [-0.15, -0.1) is 0 Å². The van der Waals surface area contributed by atoms with Crippen LogP contribution in [0.2, 0.25) is 0 Å². The van der Waals surface area contributed by atoms with Crippen molar-refractivity contribution in [3.05, 3.63) is 54.4 Å². The zero-order valence-electron chi connectivity index (χ0n) is 18.1. The Labute approximate surface area is 186 Å². The van der Waals surface area contributed by atoms with Crippen LogP contribution in [0.3, 0.4) is 0 Å². The molecule has 1 aliphatic heterocycles. The van der Waals surface area contributed by atoms with E-state index in [1.807, 2.05) is 20.8 Å². The van der Waals surface area contributed by atoms with Gasteiger partial charge in [-0.1, -0.05) is 30.0 Å². The van der Waals surface area contributed by atoms with Crippen LogP contribution < -0.4 is 15.0 Å². The maximum atomic E-state index is 13.7. The van der Waals surface area contributed by atoms with Gasteiger partial charge in [-0.05, 0) is 45.0 Å². The summed E-state index contributed by atoms with van der Waals surface area (Å²) in [5.74, 6) is -0.336. The topological polar surface area (TPSA) is 88.6 Å². The van der Waals surface area contributed by atoms with Gasteiger partial charge in [-0.25, -0.2) is 0 Å². The number of benzene rings is 1. The minimum atomic E-state index is -1.02. The number of pyridine rings is 1. The molecule has 7 nitrogen and oxygen atoms in total. The molecular formula is C23H27N3O4S. The minimum absolute atomic E-state index is 0.0214. The molecule has 0 aliphatic carbocycles. The summed E-state index contributed by atoms with van der Waals surface area (Å²) in [6.07, 6.45) is 1.73. The van der Waals surface area contributed by atoms with E-state index in [1.54, 1.807) is 48.7 Å². The number of aromatic nitrogens is 1. The lowest BCUT2D eigenvalue weighted by atomic mass is 10.0. The van der Waals surface area contributed by atoms with Crippen LogP contribution in [0.5, 0.6) is 5.75 Å². The molecule has 8 heteroatoms. The van der Waals surface area contributed by atoms with Crippen molar-refractivity contribution in [1.29, 1.82) is 0 Å². The van der Waals surface area contributed by atoms with Crippen molar-refractivity contribution >= 4 is 34.4 Å². The summed E-state index contributed by atoms with van der Waals surface area (Å²) in [5, 5.41) is 2.95. The Morgan fingerprint density at radius 2 is 1.90 bits per heavy atom. The molecule has 0 bridgehead atoms. The molecule has 0 radical (unpaired) electrons. The van der Waals surface area contributed by atoms with Crippen molar-refractivity contribution in [2.24, 2.45) is 5.92 Å². The number of anilines is 1. The standard InChI is InChI=1S/C23H27N3O4S/c1-23(2,3)25-21(28)20(16-9-7-8-12-24-16)26(17-10-5-6-11-18(17)30-4)22(29)15-13-19(27)31-14-15/h5-12,15,20H,13-14H2,1-4H3,(H,25,28)/t15-,20+/m0/s1. The first-order valence-corrected chi connectivity index (χ1v) is 11.0. The SMILES string of the molecule is COc1ccccc1N(C(=O)[C@@H]1CSC(=O)C1)[C@@H](C(=O)NC(C)(C)C)c1ccccn1. The Morgan fingerprint density at radius 3 is 2.48 bits per heavy atom. The number of hydrogen-bond donors (Lipinski definition) is 1. The predicted molar refractivity (Wildman–Crippen MR) is 121 cm³/mol. The molecule has 3 rings (SSSR count). The minimum Gasteiger partial charge on any atom is -0.495 e. The lowest BCUT2D eigenvalue weighted by molar-refractivity contribution is -0.129. The highest BCUT2D eigenvalue weighted by Crippen LogP contribution is 2.38. The number of nitrogens with zero attached hydrogens (tertiary/aromatic N) is 2. The summed E-state index contributed by atoms with van der Waals surface area (Å²) in [7, 11) is 1.52. The monoisotopic (exact) mass is 441 g/mol. The average molecular weight is 442 g/mol. The molecule has 1 aliphatic rings. The van der Waals surface area contributed by atoms with Crippen LogP contribution in [0, 0.1) is 5.92 Å². The zero-order valence-corrected chi connectivity index (χ0v) is 18.9. The van der Waals surface area contributed by atoms with E-state index in [0.29, 0.717) is 22.9 Å². The Bertz CT molecular complexity index is 959. The van der Waals surface area contributed by atoms with Crippen LogP contribution in [0.1, 0.15) is 38.9 Å². The molecule has 1 N–H and O–H groups in total. The second kappa shape index (κ2) is 9.51. The Balaban J connectivity index is 2.16. The van der Waals surface area contributed by atoms with Crippen LogP contribution in [0.4, 0.5) is 5.69 Å². The van der Waals surface area contributed by atoms with Crippen molar-refractivity contribution < 1.29 is 19.1 Å². The van der Waals surface area contributed by atoms with Crippen LogP contribution in [0.25, 0.3) is 0 Å². The van der Waals surface area contributed by atoms with E-state index in [-0.39, 0.29) is 23.4 Å². The van der Waals surface area contributed by atoms with Gasteiger partial charge in [-0.2, -0.15) is 0 Å². The van der Waals surface area contributed by atoms with Gasteiger partial charge in [0.05, 0.1) is 24.4 Å². The van der Waals surface area contributed by atoms with E-state index in [1.165, 1.54) is 12.0 Å². The second-order valence-electron chi connectivity index (χ2n) is 8.36. The summed E-state index contributed by atoms with van der Waals surface area (Å²) < 4.78 is 5.51. The van der Waals surface area contributed by atoms with E-state index in [4.69, 9.17) is 4.74 Å². The highest BCUT2D eigenvalue weighted by molar-refractivity contribution is 8.14. The Morgan fingerprint density at radius 1 is 1.19 bits per heavy atom. The van der Waals surface area contributed by atoms with E-state index in [2.05, 4.69) is 10.3 Å². The molecule has 1 saturated heterocycles. The van der Waals surface area contributed by atoms with Gasteiger partial charge in [0, 0.05) is 23.9 Å². The number of hydrogen-bond acceptors (Lipinski definition) is 6. The number of rotatable bonds is 6. The lowest BCUT2D eigenvalue weighted by Gasteiger charge is -2.35. The van der Waals surface area contributed by atoms with Crippen LogP contribution in [-0.2, 0) is 14.4 Å². The molecular weight excluding hydrogens is 414 g/mol. The van der Waals surface area contributed by atoms with Gasteiger partial charge >= 0.3 is 0 Å². The predicted octanol–water partition coefficient (Wildman–Crippen LogP) is 3.36. The molecule has 31 heavy (non-hydrogen) atoms. The van der Waals surface area contributed by atoms with E-state index in [0.717, 1.165) is 11.8 Å². The van der Waals surface area contributed by atoms with Gasteiger partial charge in [0.2, 0.25) is 11.8 Å². The maximum absolute atomic E-state index is 13.7. The molecule has 164 valence electrons. The number of carbonyl (C=O) groups is 3. The van der Waals surface area contributed by atoms with Gasteiger partial charge in [0.1, 0.15) is 5.75 Å². The summed E-state index contributed by atoms with van der Waals surface area (Å²) in [5.41, 5.74) is 0.373. The fraction of sp³-hybridized carbons (Fsp3) is 0.391. The van der Waals surface area contributed by atoms with Gasteiger partial charge in [-0.3, -0.25) is 24.3 Å². The Hall–Kier alpha value is -2.87. The van der Waals surface area contributed by atoms with Crippen LogP contribution in [-0.4, -0.2) is 40.3 Å². The van der Waals surface area contributed by atoms with E-state index < -0.39 is 17.5 Å². The number of thioether (sulfide) groups is 1. The molecule has 2 heterocycles. The molecule has 2 aromatic rings. The molecule has 1 aromatic carbocycles. The van der Waals surface area contributed by atoms with Crippen molar-refractivity contribution in [2.75, 3.05) is 17.8 Å². The van der Waals surface area contributed by atoms with Gasteiger partial charge in [0.15, 0.2) is 11.2 Å². The third kappa shape index (κ3) is 5.44. The number of carbonyl (C=O) groups excluding carboxylic acids is 3. The highest BCUT2D eigenvalue weighted by Gasteiger charge is 2.41. The van der Waals surface area contributed by atoms with Crippen molar-refractivity contribution in [2.45, 2.75) is 38.8 Å². The fourth-order valence-corrected chi connectivity index (χ4v) is 4.41. The molecule has 1 aromatic heterocycles. The number of para-hydroxylation sites is 2. The van der Waals surface area contributed by atoms with Crippen molar-refractivity contribution in [3.8, 4) is 5.75 Å². The third-order valence-electron chi connectivity index (χ3n) is 4.76. The number of amides is 2. The first-order chi connectivity index (χ1) is 14.7. The van der Waals surface area contributed by atoms with Crippen molar-refractivity contribution in [3.63, 3.8) is 0 Å². The van der Waals surface area contributed by atoms with Crippen molar-refractivity contribution in [1.82, 2.24) is 10.3 Å². The van der Waals surface area contributed by atoms with Crippen LogP contribution in [0.15, 0.2) is 48.7 Å². The van der Waals surface area contributed by atoms with Gasteiger partial charge in [0.25, 0.3) is 0 Å². The maximum Gasteiger partial charge on any atom is 0.249 e. The normalized spacial score (nSPS) is 17.2. The van der Waals surface area contributed by atoms with E-state index >= 15 is 0 Å².